The summed E-state index contributed by atoms with van der Waals surface area (Å²) in [5, 5.41) is 15.3. The van der Waals surface area contributed by atoms with Gasteiger partial charge in [-0.15, -0.1) is 0 Å². The maximum atomic E-state index is 13.7. The molecular weight excluding hydrogens is 563 g/mol. The van der Waals surface area contributed by atoms with Crippen molar-refractivity contribution < 1.29 is 29.1 Å². The van der Waals surface area contributed by atoms with Crippen LogP contribution in [0.4, 0.5) is 4.79 Å². The molecule has 2 aromatic rings. The zero-order valence-electron chi connectivity index (χ0n) is 22.0. The molecule has 3 heterocycles. The Morgan fingerprint density at radius 1 is 1.15 bits per heavy atom. The third kappa shape index (κ3) is 7.12. The van der Waals surface area contributed by atoms with Gasteiger partial charge >= 0.3 is 6.03 Å². The number of nitrogens with zero attached hydrogens (tertiary/aromatic N) is 3. The summed E-state index contributed by atoms with van der Waals surface area (Å²) in [6.07, 6.45) is 0.222. The lowest BCUT2D eigenvalue weighted by molar-refractivity contribution is -0.143. The number of hydroxylamine groups is 1. The lowest BCUT2D eigenvalue weighted by Gasteiger charge is -2.31. The van der Waals surface area contributed by atoms with Crippen molar-refractivity contribution in [2.45, 2.75) is 31.5 Å². The highest BCUT2D eigenvalue weighted by molar-refractivity contribution is 6.32. The molecule has 2 aliphatic heterocycles. The number of hydrogen-bond donors (Lipinski definition) is 4. The second kappa shape index (κ2) is 13.5. The van der Waals surface area contributed by atoms with Crippen LogP contribution in [0.25, 0.3) is 0 Å². The molecule has 216 valence electrons. The van der Waals surface area contributed by atoms with Gasteiger partial charge in [0.25, 0.3) is 11.8 Å². The topological polar surface area (TPSA) is 145 Å². The number of benzene rings is 1. The number of amides is 4. The quantitative estimate of drug-likeness (QED) is 0.185. The minimum atomic E-state index is -1.42. The highest BCUT2D eigenvalue weighted by Crippen LogP contribution is 2.35. The van der Waals surface area contributed by atoms with Gasteiger partial charge in [-0.25, -0.2) is 15.3 Å². The van der Waals surface area contributed by atoms with E-state index in [1.807, 2.05) is 0 Å². The normalized spacial score (nSPS) is 20.2. The van der Waals surface area contributed by atoms with E-state index in [4.69, 9.17) is 37.9 Å². The van der Waals surface area contributed by atoms with Gasteiger partial charge in [0.2, 0.25) is 0 Å². The van der Waals surface area contributed by atoms with Crippen LogP contribution in [0.3, 0.4) is 0 Å². The molecule has 1 aromatic carbocycles. The molecule has 14 heteroatoms. The van der Waals surface area contributed by atoms with Crippen LogP contribution >= 0.6 is 23.2 Å². The Labute approximate surface area is 241 Å². The van der Waals surface area contributed by atoms with Crippen molar-refractivity contribution in [3.63, 3.8) is 0 Å². The molecule has 0 bridgehead atoms. The number of morpholine rings is 1. The Morgan fingerprint density at radius 3 is 2.48 bits per heavy atom. The molecule has 12 nitrogen and oxygen atoms in total. The van der Waals surface area contributed by atoms with Gasteiger partial charge in [0.1, 0.15) is 34.2 Å². The summed E-state index contributed by atoms with van der Waals surface area (Å²) in [7, 11) is 0. The molecular formula is C26H32Cl2N6O6. The third-order valence-corrected chi connectivity index (χ3v) is 7.42. The number of carbonyl (C=O) groups is 3. The first kappa shape index (κ1) is 29.8. The van der Waals surface area contributed by atoms with Crippen LogP contribution in [0, 0.1) is 0 Å². The predicted octanol–water partition coefficient (Wildman–Crippen LogP) is 1.92. The van der Waals surface area contributed by atoms with Gasteiger partial charge in [0.15, 0.2) is 0 Å². The Kier molecular flexibility index (Phi) is 10.0. The van der Waals surface area contributed by atoms with Gasteiger partial charge in [0, 0.05) is 39.1 Å². The van der Waals surface area contributed by atoms with Crippen molar-refractivity contribution in [1.82, 2.24) is 30.9 Å². The maximum Gasteiger partial charge on any atom is 0.315 e. The Hall–Kier alpha value is -3.16. The number of rotatable bonds is 10. The number of halogens is 2. The van der Waals surface area contributed by atoms with Crippen LogP contribution in [-0.4, -0.2) is 89.8 Å². The van der Waals surface area contributed by atoms with Crippen molar-refractivity contribution in [1.29, 1.82) is 0 Å². The second-order valence-corrected chi connectivity index (χ2v) is 10.3. The number of urea groups is 1. The predicted molar refractivity (Wildman–Crippen MR) is 146 cm³/mol. The smallest absolute Gasteiger partial charge is 0.315 e. The summed E-state index contributed by atoms with van der Waals surface area (Å²) < 4.78 is 11.2. The van der Waals surface area contributed by atoms with Crippen molar-refractivity contribution in [3.05, 3.63) is 57.8 Å². The molecule has 2 aliphatic rings. The van der Waals surface area contributed by atoms with Crippen LogP contribution < -0.4 is 20.9 Å². The fraction of sp³-hybridized carbons (Fsp3) is 0.462. The van der Waals surface area contributed by atoms with Crippen LogP contribution in [0.15, 0.2) is 36.4 Å². The van der Waals surface area contributed by atoms with Crippen LogP contribution in [-0.2, 0) is 26.5 Å². The molecule has 40 heavy (non-hydrogen) atoms. The number of pyridine rings is 1. The summed E-state index contributed by atoms with van der Waals surface area (Å²) in [6.45, 7) is 5.83. The molecule has 2 saturated heterocycles. The number of likely N-dealkylation sites (tertiary alicyclic amines) is 1. The SMILES string of the molecule is CC(C(=O)NO)N1CCC(NC(=O)NCCN2CCOCC2)(c2ccc(OCc3cc(Cl)nc(Cl)c3)cc2)C1=O. The van der Waals surface area contributed by atoms with E-state index in [-0.39, 0.29) is 29.9 Å². The minimum absolute atomic E-state index is 0.191. The van der Waals surface area contributed by atoms with Gasteiger partial charge in [-0.2, -0.15) is 0 Å². The number of nitrogens with one attached hydrogen (secondary N) is 3. The molecule has 1 aromatic heterocycles. The second-order valence-electron chi connectivity index (χ2n) is 9.57. The molecule has 2 fully saturated rings. The Morgan fingerprint density at radius 2 is 1.82 bits per heavy atom. The lowest BCUT2D eigenvalue weighted by atomic mass is 9.88. The number of aromatic nitrogens is 1. The van der Waals surface area contributed by atoms with Crippen molar-refractivity contribution in [2.75, 3.05) is 45.9 Å². The van der Waals surface area contributed by atoms with Gasteiger partial charge < -0.3 is 25.0 Å². The average molecular weight is 595 g/mol. The van der Waals surface area contributed by atoms with E-state index in [9.17, 15) is 14.4 Å². The molecule has 0 aliphatic carbocycles. The first-order valence-electron chi connectivity index (χ1n) is 12.9. The van der Waals surface area contributed by atoms with Crippen LogP contribution in [0.5, 0.6) is 5.75 Å². The van der Waals surface area contributed by atoms with E-state index in [1.54, 1.807) is 41.9 Å². The largest absolute Gasteiger partial charge is 0.489 e. The monoisotopic (exact) mass is 594 g/mol. The van der Waals surface area contributed by atoms with Gasteiger partial charge in [0.05, 0.1) is 13.2 Å². The molecule has 0 radical (unpaired) electrons. The molecule has 0 spiro atoms. The van der Waals surface area contributed by atoms with E-state index in [0.29, 0.717) is 37.6 Å². The fourth-order valence-corrected chi connectivity index (χ4v) is 5.30. The molecule has 4 rings (SSSR count). The van der Waals surface area contributed by atoms with Crippen molar-refractivity contribution in [2.24, 2.45) is 0 Å². The molecule has 0 saturated carbocycles. The lowest BCUT2D eigenvalue weighted by Crippen LogP contribution is -2.57. The summed E-state index contributed by atoms with van der Waals surface area (Å²) in [6, 6.07) is 8.64. The zero-order valence-corrected chi connectivity index (χ0v) is 23.5. The zero-order chi connectivity index (χ0) is 28.7. The number of carbonyl (C=O) groups excluding carboxylic acids is 3. The molecule has 2 atom stereocenters. The van der Waals surface area contributed by atoms with Gasteiger partial charge in [-0.3, -0.25) is 19.7 Å². The van der Waals surface area contributed by atoms with E-state index >= 15 is 0 Å². The Balaban J connectivity index is 1.48. The molecule has 2 unspecified atom stereocenters. The number of ether oxygens (including phenoxy) is 2. The minimum Gasteiger partial charge on any atom is -0.489 e. The van der Waals surface area contributed by atoms with E-state index < -0.39 is 29.4 Å². The highest BCUT2D eigenvalue weighted by Gasteiger charge is 2.51. The highest BCUT2D eigenvalue weighted by atomic mass is 35.5. The molecule has 4 N–H and O–H groups in total. The maximum absolute atomic E-state index is 13.7. The van der Waals surface area contributed by atoms with E-state index in [2.05, 4.69) is 20.5 Å². The molecule has 4 amide bonds. The van der Waals surface area contributed by atoms with Crippen molar-refractivity contribution >= 4 is 41.0 Å². The summed E-state index contributed by atoms with van der Waals surface area (Å²) in [5.41, 5.74) is 1.43. The Bertz CT molecular complexity index is 1190. The van der Waals surface area contributed by atoms with Gasteiger partial charge in [-0.1, -0.05) is 35.3 Å². The number of hydrogen-bond acceptors (Lipinski definition) is 8. The third-order valence-electron chi connectivity index (χ3n) is 7.03. The fourth-order valence-electron chi connectivity index (χ4n) is 4.79. The van der Waals surface area contributed by atoms with Crippen LogP contribution in [0.1, 0.15) is 24.5 Å². The summed E-state index contributed by atoms with van der Waals surface area (Å²) in [5.74, 6) is -0.658. The first-order chi connectivity index (χ1) is 19.2. The van der Waals surface area contributed by atoms with Gasteiger partial charge in [-0.05, 0) is 42.3 Å². The van der Waals surface area contributed by atoms with E-state index in [1.165, 1.54) is 11.8 Å². The van der Waals surface area contributed by atoms with Crippen molar-refractivity contribution in [3.8, 4) is 5.75 Å². The average Bonchev–Trinajstić information content (AvgIpc) is 3.27. The van der Waals surface area contributed by atoms with E-state index in [0.717, 1.165) is 18.7 Å². The summed E-state index contributed by atoms with van der Waals surface area (Å²) in [4.78, 5) is 46.3. The first-order valence-corrected chi connectivity index (χ1v) is 13.6. The summed E-state index contributed by atoms with van der Waals surface area (Å²) >= 11 is 11.9. The standard InChI is InChI=1S/C26H32Cl2N6O6/c1-17(23(35)32-38)34-8-6-26(24(34)36,31-25(37)29-7-9-33-10-12-39-13-11-33)19-2-4-20(5-3-19)40-16-18-14-21(27)30-22(28)15-18/h2-5,14-15,17,38H,6-13,16H2,1H3,(H,32,35)(H2,29,31,37). The van der Waals surface area contributed by atoms with Crippen LogP contribution in [0.2, 0.25) is 10.3 Å².